The molecule has 192 valence electrons. The third kappa shape index (κ3) is 6.72. The molecule has 11 heteroatoms. The Hall–Kier alpha value is -4.67. The van der Waals surface area contributed by atoms with Crippen molar-refractivity contribution in [1.82, 2.24) is 10.2 Å². The summed E-state index contributed by atoms with van der Waals surface area (Å²) in [5.41, 5.74) is 0.509. The number of β-lactam (4-membered cyclic amide) rings is 1. The van der Waals surface area contributed by atoms with Gasteiger partial charge >= 0.3 is 5.97 Å². The average molecular weight is 507 g/mol. The summed E-state index contributed by atoms with van der Waals surface area (Å²) in [6, 6.07) is 16.8. The monoisotopic (exact) mass is 507 g/mol. The predicted molar refractivity (Wildman–Crippen MR) is 129 cm³/mol. The summed E-state index contributed by atoms with van der Waals surface area (Å²) in [6.45, 7) is -0.635. The van der Waals surface area contributed by atoms with Gasteiger partial charge in [0, 0.05) is 18.6 Å². The molecular weight excluding hydrogens is 482 g/mol. The molecule has 2 atom stereocenters. The van der Waals surface area contributed by atoms with Gasteiger partial charge in [0.1, 0.15) is 30.7 Å². The minimum Gasteiger partial charge on any atom is -0.484 e. The first-order valence-electron chi connectivity index (χ1n) is 11.6. The van der Waals surface area contributed by atoms with Crippen molar-refractivity contribution in [2.24, 2.45) is 0 Å². The van der Waals surface area contributed by atoms with Crippen LogP contribution in [0.5, 0.6) is 5.75 Å². The van der Waals surface area contributed by atoms with Crippen LogP contribution >= 0.6 is 0 Å². The van der Waals surface area contributed by atoms with Crippen LogP contribution in [-0.2, 0) is 32.1 Å². The highest BCUT2D eigenvalue weighted by molar-refractivity contribution is 5.95. The first-order valence-corrected chi connectivity index (χ1v) is 11.6. The minimum absolute atomic E-state index is 0.0668. The highest BCUT2D eigenvalue weighted by Gasteiger charge is 2.48. The van der Waals surface area contributed by atoms with Gasteiger partial charge < -0.3 is 24.1 Å². The molecular formula is C26H25N3O8. The molecule has 1 aliphatic rings. The molecule has 1 saturated heterocycles. The van der Waals surface area contributed by atoms with E-state index in [9.17, 15) is 24.5 Å². The van der Waals surface area contributed by atoms with Crippen LogP contribution in [0, 0.1) is 10.1 Å². The molecule has 37 heavy (non-hydrogen) atoms. The summed E-state index contributed by atoms with van der Waals surface area (Å²) >= 11 is 0. The van der Waals surface area contributed by atoms with E-state index in [2.05, 4.69) is 5.32 Å². The van der Waals surface area contributed by atoms with E-state index in [0.29, 0.717) is 24.2 Å². The highest BCUT2D eigenvalue weighted by Crippen LogP contribution is 2.25. The van der Waals surface area contributed by atoms with Gasteiger partial charge in [-0.15, -0.1) is 0 Å². The summed E-state index contributed by atoms with van der Waals surface area (Å²) in [5.74, 6) is -0.232. The van der Waals surface area contributed by atoms with Crippen LogP contribution < -0.4 is 10.1 Å². The Morgan fingerprint density at radius 1 is 1.05 bits per heavy atom. The number of hydrogen-bond acceptors (Lipinski definition) is 8. The topological polar surface area (TPSA) is 141 Å². The Kier molecular flexibility index (Phi) is 8.14. The molecule has 3 aromatic rings. The summed E-state index contributed by atoms with van der Waals surface area (Å²) in [7, 11) is 0. The van der Waals surface area contributed by atoms with Gasteiger partial charge in [0.15, 0.2) is 6.61 Å². The lowest BCUT2D eigenvalue weighted by Crippen LogP contribution is -2.71. The number of carbonyl (C=O) groups is 3. The van der Waals surface area contributed by atoms with Crippen LogP contribution in [0.4, 0.5) is 5.69 Å². The number of ether oxygens (including phenoxy) is 2. The molecule has 0 saturated carbocycles. The molecule has 11 nitrogen and oxygen atoms in total. The summed E-state index contributed by atoms with van der Waals surface area (Å²) in [6.07, 6.45) is 2.51. The van der Waals surface area contributed by atoms with E-state index in [1.807, 2.05) is 12.1 Å². The lowest BCUT2D eigenvalue weighted by Gasteiger charge is -2.46. The number of hydrogen-bond donors (Lipinski definition) is 1. The zero-order chi connectivity index (χ0) is 26.2. The van der Waals surface area contributed by atoms with E-state index in [1.165, 1.54) is 29.2 Å². The zero-order valence-corrected chi connectivity index (χ0v) is 19.8. The molecule has 0 radical (unpaired) electrons. The van der Waals surface area contributed by atoms with E-state index in [-0.39, 0.29) is 25.4 Å². The van der Waals surface area contributed by atoms with Crippen LogP contribution in [0.25, 0.3) is 0 Å². The molecule has 0 bridgehead atoms. The number of nitrogens with one attached hydrogen (secondary N) is 1. The summed E-state index contributed by atoms with van der Waals surface area (Å²) < 4.78 is 16.1. The van der Waals surface area contributed by atoms with Gasteiger partial charge in [0.05, 0.1) is 17.2 Å². The van der Waals surface area contributed by atoms with Crippen molar-refractivity contribution in [2.45, 2.75) is 31.5 Å². The predicted octanol–water partition coefficient (Wildman–Crippen LogP) is 2.64. The van der Waals surface area contributed by atoms with Crippen LogP contribution in [0.15, 0.2) is 77.4 Å². The third-order valence-corrected chi connectivity index (χ3v) is 5.88. The van der Waals surface area contributed by atoms with Crippen LogP contribution in [-0.4, -0.2) is 52.8 Å². The first kappa shape index (κ1) is 25.4. The number of aryl methyl sites for hydroxylation is 1. The van der Waals surface area contributed by atoms with Crippen LogP contribution in [0.3, 0.4) is 0 Å². The maximum atomic E-state index is 12.8. The van der Waals surface area contributed by atoms with Crippen molar-refractivity contribution in [3.05, 3.63) is 94.4 Å². The molecule has 2 unspecified atom stereocenters. The number of non-ortho nitro benzene ring substituents is 1. The minimum atomic E-state index is -0.802. The number of carbonyl (C=O) groups excluding carboxylic acids is 3. The Balaban J connectivity index is 1.32. The van der Waals surface area contributed by atoms with Crippen molar-refractivity contribution in [3.8, 4) is 5.75 Å². The van der Waals surface area contributed by atoms with Crippen molar-refractivity contribution in [3.63, 3.8) is 0 Å². The normalized spacial score (nSPS) is 16.5. The first-order chi connectivity index (χ1) is 17.9. The van der Waals surface area contributed by atoms with Crippen molar-refractivity contribution in [2.75, 3.05) is 13.2 Å². The van der Waals surface area contributed by atoms with Crippen LogP contribution in [0.2, 0.25) is 0 Å². The number of esters is 1. The van der Waals surface area contributed by atoms with E-state index < -0.39 is 34.8 Å². The molecule has 1 aromatic heterocycles. The second-order valence-corrected chi connectivity index (χ2v) is 8.38. The third-order valence-electron chi connectivity index (χ3n) is 5.88. The molecule has 2 aromatic carbocycles. The van der Waals surface area contributed by atoms with Crippen LogP contribution in [0.1, 0.15) is 17.7 Å². The van der Waals surface area contributed by atoms with E-state index in [4.69, 9.17) is 13.9 Å². The molecule has 2 heterocycles. The second-order valence-electron chi connectivity index (χ2n) is 8.38. The van der Waals surface area contributed by atoms with Crippen molar-refractivity contribution < 1.29 is 33.2 Å². The van der Waals surface area contributed by atoms with Gasteiger partial charge in [-0.1, -0.05) is 18.2 Å². The van der Waals surface area contributed by atoms with Crippen molar-refractivity contribution in [1.29, 1.82) is 0 Å². The molecule has 4 rings (SSSR count). The van der Waals surface area contributed by atoms with Gasteiger partial charge in [-0.05, 0) is 48.4 Å². The standard InChI is InChI=1S/C26H25N3O8/c30-23(17-36-20-5-2-1-3-6-20)27-25-22(13-12-21-7-4-14-35-21)28(26(25)32)15-24(31)37-16-18-8-10-19(11-9-18)29(33)34/h1-11,14,22,25H,12-13,15-17H2,(H,27,30). The van der Waals surface area contributed by atoms with E-state index in [1.54, 1.807) is 36.6 Å². The maximum absolute atomic E-state index is 12.8. The van der Waals surface area contributed by atoms with E-state index in [0.717, 1.165) is 5.76 Å². The quantitative estimate of drug-likeness (QED) is 0.171. The number of amides is 2. The number of likely N-dealkylation sites (tertiary alicyclic amines) is 1. The van der Waals surface area contributed by atoms with Gasteiger partial charge in [-0.25, -0.2) is 0 Å². The highest BCUT2D eigenvalue weighted by atomic mass is 16.6. The number of nitro groups is 1. The number of nitro benzene ring substituents is 1. The number of benzene rings is 2. The number of para-hydroxylation sites is 1. The van der Waals surface area contributed by atoms with E-state index >= 15 is 0 Å². The lowest BCUT2D eigenvalue weighted by molar-refractivity contribution is -0.384. The Bertz CT molecular complexity index is 1230. The smallest absolute Gasteiger partial charge is 0.325 e. The van der Waals surface area contributed by atoms with Gasteiger partial charge in [-0.3, -0.25) is 24.5 Å². The number of rotatable bonds is 12. The Morgan fingerprint density at radius 2 is 1.81 bits per heavy atom. The Morgan fingerprint density at radius 3 is 2.49 bits per heavy atom. The lowest BCUT2D eigenvalue weighted by atomic mass is 9.90. The molecule has 1 N–H and O–H groups in total. The number of furan rings is 1. The fraction of sp³-hybridized carbons (Fsp3) is 0.269. The SMILES string of the molecule is O=C(COc1ccccc1)NC1C(=O)N(CC(=O)OCc2ccc([N+](=O)[O-])cc2)C1CCc1ccco1. The van der Waals surface area contributed by atoms with Gasteiger partial charge in [0.25, 0.3) is 11.6 Å². The molecule has 1 fully saturated rings. The maximum Gasteiger partial charge on any atom is 0.325 e. The molecule has 2 amide bonds. The second kappa shape index (κ2) is 11.8. The summed E-state index contributed by atoms with van der Waals surface area (Å²) in [5, 5.41) is 13.5. The fourth-order valence-corrected chi connectivity index (χ4v) is 3.97. The average Bonchev–Trinajstić information content (AvgIpc) is 3.43. The Labute approximate surface area is 212 Å². The molecule has 0 spiro atoms. The molecule has 1 aliphatic heterocycles. The number of nitrogens with zero attached hydrogens (tertiary/aromatic N) is 2. The van der Waals surface area contributed by atoms with Gasteiger partial charge in [-0.2, -0.15) is 0 Å². The van der Waals surface area contributed by atoms with Crippen molar-refractivity contribution >= 4 is 23.5 Å². The zero-order valence-electron chi connectivity index (χ0n) is 19.8. The molecule has 0 aliphatic carbocycles. The fourth-order valence-electron chi connectivity index (χ4n) is 3.97. The summed E-state index contributed by atoms with van der Waals surface area (Å²) in [4.78, 5) is 49.3. The van der Waals surface area contributed by atoms with Gasteiger partial charge in [0.2, 0.25) is 5.91 Å². The largest absolute Gasteiger partial charge is 0.484 e.